The Bertz CT molecular complexity index is 680. The maximum Gasteiger partial charge on any atom is 0.344 e. The van der Waals surface area contributed by atoms with Crippen molar-refractivity contribution in [1.29, 1.82) is 0 Å². The molecule has 0 spiro atoms. The minimum Gasteiger partial charge on any atom is -0.324 e. The molecule has 0 amide bonds. The van der Waals surface area contributed by atoms with Crippen molar-refractivity contribution in [2.45, 2.75) is 62.3 Å². The van der Waals surface area contributed by atoms with Crippen LogP contribution < -0.4 is 0 Å². The molecule has 0 aromatic rings. The minimum absolute atomic E-state index is 0.0385. The molecule has 0 saturated carbocycles. The molecular formula is C18H42NO9P3. The van der Waals surface area contributed by atoms with E-state index in [1.54, 1.807) is 0 Å². The van der Waals surface area contributed by atoms with Crippen molar-refractivity contribution in [1.82, 2.24) is 4.90 Å². The van der Waals surface area contributed by atoms with Crippen LogP contribution in [0.1, 0.15) is 62.3 Å². The second-order valence-corrected chi connectivity index (χ2v) is 17.0. The Labute approximate surface area is 187 Å². The SMILES string of the molecule is CC(C)(C)COP(=O)(O)CN(CP(=O)(O)O)CP(=O)(OCC(C)(C)C)OCC(C)(C)C. The number of rotatable bonds is 12. The molecule has 0 aliphatic rings. The highest BCUT2D eigenvalue weighted by molar-refractivity contribution is 7.55. The van der Waals surface area contributed by atoms with Crippen LogP contribution in [0.25, 0.3) is 0 Å². The van der Waals surface area contributed by atoms with E-state index in [4.69, 9.17) is 13.6 Å². The van der Waals surface area contributed by atoms with Crippen LogP contribution in [-0.2, 0) is 27.3 Å². The fourth-order valence-electron chi connectivity index (χ4n) is 1.93. The van der Waals surface area contributed by atoms with Gasteiger partial charge in [-0.1, -0.05) is 62.3 Å². The maximum absolute atomic E-state index is 13.5. The van der Waals surface area contributed by atoms with Crippen molar-refractivity contribution in [3.05, 3.63) is 0 Å². The Morgan fingerprint density at radius 1 is 0.613 bits per heavy atom. The summed E-state index contributed by atoms with van der Waals surface area (Å²) in [7, 11) is -12.8. The van der Waals surface area contributed by atoms with Gasteiger partial charge in [-0.25, -0.2) is 0 Å². The van der Waals surface area contributed by atoms with Gasteiger partial charge in [-0.3, -0.25) is 18.6 Å². The lowest BCUT2D eigenvalue weighted by atomic mass is 9.99. The highest BCUT2D eigenvalue weighted by Gasteiger charge is 2.37. The highest BCUT2D eigenvalue weighted by atomic mass is 31.2. The van der Waals surface area contributed by atoms with E-state index in [0.717, 1.165) is 4.90 Å². The average Bonchev–Trinajstić information content (AvgIpc) is 2.45. The predicted molar refractivity (Wildman–Crippen MR) is 122 cm³/mol. The molecule has 31 heavy (non-hydrogen) atoms. The summed E-state index contributed by atoms with van der Waals surface area (Å²) in [6.07, 6.45) is -2.18. The molecule has 0 aromatic heterocycles. The Morgan fingerprint density at radius 3 is 1.29 bits per heavy atom. The van der Waals surface area contributed by atoms with Crippen LogP contribution in [0.2, 0.25) is 0 Å². The Hall–Kier alpha value is 0.410. The van der Waals surface area contributed by atoms with E-state index in [2.05, 4.69) is 0 Å². The van der Waals surface area contributed by atoms with Crippen molar-refractivity contribution in [3.63, 3.8) is 0 Å². The van der Waals surface area contributed by atoms with Gasteiger partial charge in [-0.05, 0) is 16.2 Å². The van der Waals surface area contributed by atoms with Gasteiger partial charge in [0.1, 0.15) is 18.9 Å². The molecule has 0 fully saturated rings. The molecule has 0 radical (unpaired) electrons. The first-order valence-corrected chi connectivity index (χ1v) is 15.3. The number of hydrogen-bond acceptors (Lipinski definition) is 7. The lowest BCUT2D eigenvalue weighted by Gasteiger charge is -2.32. The predicted octanol–water partition coefficient (Wildman–Crippen LogP) is 4.91. The second kappa shape index (κ2) is 11.2. The highest BCUT2D eigenvalue weighted by Crippen LogP contribution is 2.54. The zero-order valence-electron chi connectivity index (χ0n) is 20.3. The number of nitrogens with zero attached hydrogens (tertiary/aromatic N) is 1. The number of hydrogen-bond donors (Lipinski definition) is 3. The lowest BCUT2D eigenvalue weighted by molar-refractivity contribution is 0.115. The Balaban J connectivity index is 5.68. The van der Waals surface area contributed by atoms with Gasteiger partial charge in [0.15, 0.2) is 0 Å². The van der Waals surface area contributed by atoms with Gasteiger partial charge in [0.2, 0.25) is 0 Å². The van der Waals surface area contributed by atoms with E-state index in [9.17, 15) is 28.4 Å². The minimum atomic E-state index is -4.64. The van der Waals surface area contributed by atoms with Crippen LogP contribution in [0.4, 0.5) is 0 Å². The molecule has 0 bridgehead atoms. The van der Waals surface area contributed by atoms with E-state index in [0.29, 0.717) is 0 Å². The third-order valence-corrected chi connectivity index (χ3v) is 7.07. The molecular weight excluding hydrogens is 467 g/mol. The second-order valence-electron chi connectivity index (χ2n) is 11.5. The summed E-state index contributed by atoms with van der Waals surface area (Å²) in [4.78, 5) is 30.0. The van der Waals surface area contributed by atoms with Crippen LogP contribution >= 0.6 is 22.8 Å². The molecule has 1 unspecified atom stereocenters. The lowest BCUT2D eigenvalue weighted by Crippen LogP contribution is -2.30. The molecule has 188 valence electrons. The molecule has 0 aliphatic carbocycles. The zero-order chi connectivity index (χ0) is 24.9. The molecule has 0 heterocycles. The van der Waals surface area contributed by atoms with Gasteiger partial charge < -0.3 is 28.3 Å². The summed E-state index contributed by atoms with van der Waals surface area (Å²) in [6.45, 7) is 16.8. The standard InChI is InChI=1S/C18H42NO9P3/c1-16(2,3)10-26-30(23,24)14-19(13-29(20,21)22)15-31(25,27-11-17(4,5)6)28-12-18(7,8)9/h10-15H2,1-9H3,(H,23,24)(H2,20,21,22). The van der Waals surface area contributed by atoms with Gasteiger partial charge in [0.05, 0.1) is 19.8 Å². The molecule has 0 aliphatic heterocycles. The first kappa shape index (κ1) is 31.4. The molecule has 0 aromatic carbocycles. The molecule has 13 heteroatoms. The van der Waals surface area contributed by atoms with Gasteiger partial charge in [-0.15, -0.1) is 0 Å². The van der Waals surface area contributed by atoms with Gasteiger partial charge in [-0.2, -0.15) is 0 Å². The normalized spacial score (nSPS) is 16.5. The van der Waals surface area contributed by atoms with Crippen molar-refractivity contribution >= 4 is 22.8 Å². The third kappa shape index (κ3) is 18.5. The Kier molecular flexibility index (Phi) is 11.4. The van der Waals surface area contributed by atoms with Crippen molar-refractivity contribution in [2.75, 3.05) is 38.7 Å². The first-order valence-electron chi connectivity index (χ1n) is 10.0. The van der Waals surface area contributed by atoms with Crippen LogP contribution in [0.15, 0.2) is 0 Å². The summed E-state index contributed by atoms with van der Waals surface area (Å²) in [5.41, 5.74) is -1.10. The fraction of sp³-hybridized carbons (Fsp3) is 1.00. The monoisotopic (exact) mass is 509 g/mol. The summed E-state index contributed by atoms with van der Waals surface area (Å²) in [5.74, 6) is 0. The van der Waals surface area contributed by atoms with Crippen molar-refractivity contribution in [3.8, 4) is 0 Å². The zero-order valence-corrected chi connectivity index (χ0v) is 23.0. The summed E-state index contributed by atoms with van der Waals surface area (Å²) >= 11 is 0. The summed E-state index contributed by atoms with van der Waals surface area (Å²) in [5, 5.41) is 0. The summed E-state index contributed by atoms with van der Waals surface area (Å²) in [6, 6.07) is 0. The molecule has 1 atom stereocenters. The van der Waals surface area contributed by atoms with Gasteiger partial charge in [0.25, 0.3) is 0 Å². The smallest absolute Gasteiger partial charge is 0.324 e. The van der Waals surface area contributed by atoms with E-state index < -0.39 is 47.1 Å². The Morgan fingerprint density at radius 2 is 0.968 bits per heavy atom. The van der Waals surface area contributed by atoms with Crippen molar-refractivity contribution < 1.29 is 41.9 Å². The molecule has 0 rings (SSSR count). The van der Waals surface area contributed by atoms with Crippen LogP contribution in [0.3, 0.4) is 0 Å². The quantitative estimate of drug-likeness (QED) is 0.311. The van der Waals surface area contributed by atoms with Crippen LogP contribution in [-0.4, -0.2) is 58.3 Å². The largest absolute Gasteiger partial charge is 0.344 e. The van der Waals surface area contributed by atoms with E-state index in [-0.39, 0.29) is 30.7 Å². The van der Waals surface area contributed by atoms with Crippen molar-refractivity contribution in [2.24, 2.45) is 16.2 Å². The molecule has 0 saturated heterocycles. The summed E-state index contributed by atoms with van der Waals surface area (Å²) < 4.78 is 53.9. The maximum atomic E-state index is 13.5. The fourth-order valence-corrected chi connectivity index (χ4v) is 6.60. The van der Waals surface area contributed by atoms with E-state index in [1.165, 1.54) is 0 Å². The van der Waals surface area contributed by atoms with E-state index >= 15 is 0 Å². The van der Waals surface area contributed by atoms with Crippen LogP contribution in [0.5, 0.6) is 0 Å². The average molecular weight is 509 g/mol. The third-order valence-electron chi connectivity index (χ3n) is 3.22. The van der Waals surface area contributed by atoms with Gasteiger partial charge in [0, 0.05) is 0 Å². The molecule has 10 nitrogen and oxygen atoms in total. The van der Waals surface area contributed by atoms with Crippen LogP contribution in [0, 0.1) is 16.2 Å². The topological polar surface area (TPSA) is 143 Å². The van der Waals surface area contributed by atoms with Gasteiger partial charge >= 0.3 is 22.8 Å². The molecule has 3 N–H and O–H groups in total. The first-order chi connectivity index (χ1) is 13.4. The van der Waals surface area contributed by atoms with E-state index in [1.807, 2.05) is 62.3 Å².